The number of halogens is 1. The zero-order valence-corrected chi connectivity index (χ0v) is 15.8. The van der Waals surface area contributed by atoms with Crippen LogP contribution in [-0.4, -0.2) is 25.7 Å². The van der Waals surface area contributed by atoms with Crippen molar-refractivity contribution < 1.29 is 4.79 Å². The number of amides is 1. The summed E-state index contributed by atoms with van der Waals surface area (Å²) in [5.41, 5.74) is 2.05. The van der Waals surface area contributed by atoms with Crippen LogP contribution < -0.4 is 10.9 Å². The number of anilines is 1. The van der Waals surface area contributed by atoms with Crippen molar-refractivity contribution in [1.82, 2.24) is 19.7 Å². The number of pyridine rings is 1. The molecule has 2 heterocycles. The minimum atomic E-state index is -0.354. The Morgan fingerprint density at radius 2 is 1.93 bits per heavy atom. The number of aromatic nitrogens is 4. The van der Waals surface area contributed by atoms with Crippen LogP contribution in [0.25, 0.3) is 22.3 Å². The van der Waals surface area contributed by atoms with Crippen LogP contribution in [0, 0.1) is 0 Å². The molecule has 8 heteroatoms. The van der Waals surface area contributed by atoms with Gasteiger partial charge in [-0.05, 0) is 42.5 Å². The summed E-state index contributed by atoms with van der Waals surface area (Å²) < 4.78 is 2.45. The molecule has 0 saturated carbocycles. The maximum Gasteiger partial charge on any atom is 0.256 e. The van der Waals surface area contributed by atoms with Crippen LogP contribution in [0.2, 0.25) is 0 Å². The van der Waals surface area contributed by atoms with Crippen molar-refractivity contribution in [2.24, 2.45) is 7.05 Å². The van der Waals surface area contributed by atoms with Gasteiger partial charge in [-0.1, -0.05) is 15.9 Å². The zero-order valence-electron chi connectivity index (χ0n) is 14.2. The van der Waals surface area contributed by atoms with Gasteiger partial charge in [0.2, 0.25) is 5.56 Å². The molecule has 2 N–H and O–H groups in total. The van der Waals surface area contributed by atoms with Gasteiger partial charge < -0.3 is 10.3 Å². The molecule has 0 aliphatic rings. The molecule has 0 bridgehead atoms. The number of hydrogen-bond donors (Lipinski definition) is 2. The predicted molar refractivity (Wildman–Crippen MR) is 107 cm³/mol. The number of aryl methyl sites for hydroxylation is 1. The Balaban J connectivity index is 1.64. The summed E-state index contributed by atoms with van der Waals surface area (Å²) in [6, 6.07) is 13.9. The second kappa shape index (κ2) is 6.81. The molecule has 2 aromatic carbocycles. The van der Waals surface area contributed by atoms with Gasteiger partial charge in [0.25, 0.3) is 5.91 Å². The first-order valence-electron chi connectivity index (χ1n) is 8.09. The molecular weight excluding hydrogens is 410 g/mol. The number of fused-ring (bicyclic) bond motifs is 1. The van der Waals surface area contributed by atoms with Gasteiger partial charge in [-0.2, -0.15) is 5.10 Å². The topological polar surface area (TPSA) is 92.7 Å². The van der Waals surface area contributed by atoms with Gasteiger partial charge >= 0.3 is 0 Å². The van der Waals surface area contributed by atoms with Gasteiger partial charge in [0.05, 0.1) is 5.56 Å². The van der Waals surface area contributed by atoms with E-state index in [2.05, 4.69) is 36.3 Å². The third kappa shape index (κ3) is 3.52. The third-order valence-electron chi connectivity index (χ3n) is 4.05. The predicted octanol–water partition coefficient (Wildman–Crippen LogP) is 3.34. The first-order valence-corrected chi connectivity index (χ1v) is 8.89. The standard InChI is InChI=1S/C19H14BrN5O2/c1-25-10-21-18(24-25)11-2-5-13(6-3-11)22-19(27)15-9-17(26)23-16-7-4-12(20)8-14(15)16/h2-10H,1H3,(H,22,27)(H,23,26). The second-order valence-corrected chi connectivity index (χ2v) is 6.93. The summed E-state index contributed by atoms with van der Waals surface area (Å²) in [5, 5.41) is 7.74. The zero-order chi connectivity index (χ0) is 19.0. The van der Waals surface area contributed by atoms with Gasteiger partial charge in [-0.3, -0.25) is 14.3 Å². The minimum absolute atomic E-state index is 0.311. The molecule has 0 unspecified atom stereocenters. The van der Waals surface area contributed by atoms with Crippen molar-refractivity contribution in [3.63, 3.8) is 0 Å². The molecule has 1 amide bonds. The normalized spacial score (nSPS) is 10.9. The van der Waals surface area contributed by atoms with E-state index in [1.807, 2.05) is 18.2 Å². The average molecular weight is 424 g/mol. The van der Waals surface area contributed by atoms with Crippen LogP contribution in [0.5, 0.6) is 0 Å². The molecule has 0 radical (unpaired) electrons. The molecule has 0 aliphatic carbocycles. The van der Waals surface area contributed by atoms with E-state index in [9.17, 15) is 9.59 Å². The molecule has 134 valence electrons. The van der Waals surface area contributed by atoms with Crippen molar-refractivity contribution in [3.05, 3.63) is 75.2 Å². The molecule has 4 aromatic rings. The van der Waals surface area contributed by atoms with E-state index in [0.29, 0.717) is 28.0 Å². The highest BCUT2D eigenvalue weighted by Crippen LogP contribution is 2.22. The average Bonchev–Trinajstić information content (AvgIpc) is 3.08. The summed E-state index contributed by atoms with van der Waals surface area (Å²) in [7, 11) is 1.80. The number of rotatable bonds is 3. The maximum absolute atomic E-state index is 12.7. The fraction of sp³-hybridized carbons (Fsp3) is 0.0526. The van der Waals surface area contributed by atoms with E-state index in [0.717, 1.165) is 10.0 Å². The number of nitrogens with one attached hydrogen (secondary N) is 2. The summed E-state index contributed by atoms with van der Waals surface area (Å²) in [6.07, 6.45) is 1.63. The van der Waals surface area contributed by atoms with E-state index < -0.39 is 0 Å². The molecule has 7 nitrogen and oxygen atoms in total. The van der Waals surface area contributed by atoms with Crippen LogP contribution in [0.4, 0.5) is 5.69 Å². The lowest BCUT2D eigenvalue weighted by molar-refractivity contribution is 0.102. The minimum Gasteiger partial charge on any atom is -0.322 e. The van der Waals surface area contributed by atoms with Crippen molar-refractivity contribution in [2.45, 2.75) is 0 Å². The van der Waals surface area contributed by atoms with Crippen LogP contribution in [0.3, 0.4) is 0 Å². The van der Waals surface area contributed by atoms with Crippen molar-refractivity contribution in [3.8, 4) is 11.4 Å². The van der Waals surface area contributed by atoms with Crippen molar-refractivity contribution in [2.75, 3.05) is 5.32 Å². The maximum atomic E-state index is 12.7. The largest absolute Gasteiger partial charge is 0.322 e. The van der Waals surface area contributed by atoms with E-state index in [1.54, 1.807) is 42.3 Å². The smallest absolute Gasteiger partial charge is 0.256 e. The van der Waals surface area contributed by atoms with Crippen molar-refractivity contribution in [1.29, 1.82) is 0 Å². The Labute approximate surface area is 162 Å². The highest BCUT2D eigenvalue weighted by atomic mass is 79.9. The van der Waals surface area contributed by atoms with Crippen LogP contribution in [-0.2, 0) is 7.05 Å². The number of carbonyl (C=O) groups excluding carboxylic acids is 1. The second-order valence-electron chi connectivity index (χ2n) is 6.01. The molecule has 0 spiro atoms. The van der Waals surface area contributed by atoms with Crippen LogP contribution in [0.1, 0.15) is 10.4 Å². The first-order chi connectivity index (χ1) is 13.0. The summed E-state index contributed by atoms with van der Waals surface area (Å²) in [5.74, 6) is 0.258. The van der Waals surface area contributed by atoms with E-state index >= 15 is 0 Å². The Hall–Kier alpha value is -3.26. The number of carbonyl (C=O) groups is 1. The molecule has 2 aromatic heterocycles. The molecule has 0 saturated heterocycles. The van der Waals surface area contributed by atoms with E-state index in [4.69, 9.17) is 0 Å². The monoisotopic (exact) mass is 423 g/mol. The number of hydrogen-bond acceptors (Lipinski definition) is 4. The number of nitrogens with zero attached hydrogens (tertiary/aromatic N) is 3. The lowest BCUT2D eigenvalue weighted by Crippen LogP contribution is -2.16. The molecular formula is C19H14BrN5O2. The van der Waals surface area contributed by atoms with Crippen molar-refractivity contribution >= 4 is 38.4 Å². The lowest BCUT2D eigenvalue weighted by Gasteiger charge is -2.09. The summed E-state index contributed by atoms with van der Waals surface area (Å²) in [6.45, 7) is 0. The summed E-state index contributed by atoms with van der Waals surface area (Å²) in [4.78, 5) is 31.6. The fourth-order valence-electron chi connectivity index (χ4n) is 2.79. The van der Waals surface area contributed by atoms with Crippen LogP contribution in [0.15, 0.2) is 64.1 Å². The van der Waals surface area contributed by atoms with Gasteiger partial charge in [0, 0.05) is 39.7 Å². The SMILES string of the molecule is Cn1cnc(-c2ccc(NC(=O)c3cc(=O)[nH]c4ccc(Br)cc34)cc2)n1. The molecule has 0 aliphatic heterocycles. The highest BCUT2D eigenvalue weighted by Gasteiger charge is 2.13. The van der Waals surface area contributed by atoms with Gasteiger partial charge in [-0.25, -0.2) is 4.98 Å². The number of H-pyrrole nitrogens is 1. The molecule has 0 fully saturated rings. The quantitative estimate of drug-likeness (QED) is 0.528. The van der Waals surface area contributed by atoms with E-state index in [-0.39, 0.29) is 11.5 Å². The third-order valence-corrected chi connectivity index (χ3v) is 4.54. The lowest BCUT2D eigenvalue weighted by atomic mass is 10.1. The molecule has 27 heavy (non-hydrogen) atoms. The Bertz CT molecular complexity index is 1210. The Morgan fingerprint density at radius 1 is 1.15 bits per heavy atom. The number of aromatic amines is 1. The summed E-state index contributed by atoms with van der Waals surface area (Å²) >= 11 is 3.40. The number of benzene rings is 2. The van der Waals surface area contributed by atoms with Gasteiger partial charge in [0.15, 0.2) is 5.82 Å². The fourth-order valence-corrected chi connectivity index (χ4v) is 3.15. The van der Waals surface area contributed by atoms with E-state index in [1.165, 1.54) is 6.07 Å². The molecule has 0 atom stereocenters. The van der Waals surface area contributed by atoms with Gasteiger partial charge in [0.1, 0.15) is 6.33 Å². The van der Waals surface area contributed by atoms with Gasteiger partial charge in [-0.15, -0.1) is 0 Å². The Kier molecular flexibility index (Phi) is 4.33. The Morgan fingerprint density at radius 3 is 2.63 bits per heavy atom. The molecule has 4 rings (SSSR count). The highest BCUT2D eigenvalue weighted by molar-refractivity contribution is 9.10. The first kappa shape index (κ1) is 17.2. The van der Waals surface area contributed by atoms with Crippen LogP contribution >= 0.6 is 15.9 Å².